The summed E-state index contributed by atoms with van der Waals surface area (Å²) in [4.78, 5) is 11.1. The average molecular weight is 286 g/mol. The zero-order valence-corrected chi connectivity index (χ0v) is 12.0. The number of aldehydes is 1. The molecule has 0 amide bonds. The van der Waals surface area contributed by atoms with Gasteiger partial charge in [0.15, 0.2) is 17.8 Å². The molecule has 0 radical (unpaired) electrons. The van der Waals surface area contributed by atoms with E-state index in [0.29, 0.717) is 36.9 Å². The highest BCUT2D eigenvalue weighted by atomic mass is 16.5. The van der Waals surface area contributed by atoms with E-state index in [2.05, 4.69) is 0 Å². The summed E-state index contributed by atoms with van der Waals surface area (Å²) in [6.07, 6.45) is 0.760. The lowest BCUT2D eigenvalue weighted by Crippen LogP contribution is -2.11. The minimum Gasteiger partial charge on any atom is -0.490 e. The number of rotatable bonds is 8. The first-order chi connectivity index (χ1) is 10.3. The SMILES string of the molecule is CCOc1cccc(C=O)c1OCCOc1ccccc1. The second-order valence-electron chi connectivity index (χ2n) is 4.24. The highest BCUT2D eigenvalue weighted by Gasteiger charge is 2.10. The van der Waals surface area contributed by atoms with E-state index in [-0.39, 0.29) is 0 Å². The topological polar surface area (TPSA) is 44.8 Å². The summed E-state index contributed by atoms with van der Waals surface area (Å²) >= 11 is 0. The third-order valence-corrected chi connectivity index (χ3v) is 2.78. The Morgan fingerprint density at radius 1 is 0.905 bits per heavy atom. The van der Waals surface area contributed by atoms with Gasteiger partial charge >= 0.3 is 0 Å². The number of ether oxygens (including phenoxy) is 3. The van der Waals surface area contributed by atoms with Crippen molar-refractivity contribution in [1.82, 2.24) is 0 Å². The fourth-order valence-corrected chi connectivity index (χ4v) is 1.87. The lowest BCUT2D eigenvalue weighted by molar-refractivity contribution is 0.111. The van der Waals surface area contributed by atoms with Crippen LogP contribution in [0.25, 0.3) is 0 Å². The van der Waals surface area contributed by atoms with Crippen molar-refractivity contribution >= 4 is 6.29 Å². The smallest absolute Gasteiger partial charge is 0.171 e. The predicted octanol–water partition coefficient (Wildman–Crippen LogP) is 3.36. The van der Waals surface area contributed by atoms with Gasteiger partial charge in [0.2, 0.25) is 0 Å². The molecule has 4 heteroatoms. The van der Waals surface area contributed by atoms with Gasteiger partial charge in [-0.2, -0.15) is 0 Å². The molecule has 0 N–H and O–H groups in total. The second kappa shape index (κ2) is 7.94. The van der Waals surface area contributed by atoms with Crippen molar-refractivity contribution in [2.45, 2.75) is 6.92 Å². The zero-order valence-electron chi connectivity index (χ0n) is 12.0. The minimum absolute atomic E-state index is 0.333. The third-order valence-electron chi connectivity index (χ3n) is 2.78. The van der Waals surface area contributed by atoms with E-state index in [1.807, 2.05) is 37.3 Å². The van der Waals surface area contributed by atoms with Crippen LogP contribution in [0.1, 0.15) is 17.3 Å². The van der Waals surface area contributed by atoms with Crippen molar-refractivity contribution in [2.24, 2.45) is 0 Å². The van der Waals surface area contributed by atoms with E-state index in [4.69, 9.17) is 14.2 Å². The number of carbonyl (C=O) groups excluding carboxylic acids is 1. The van der Waals surface area contributed by atoms with Crippen LogP contribution in [0, 0.1) is 0 Å². The van der Waals surface area contributed by atoms with Gasteiger partial charge in [-0.3, -0.25) is 4.79 Å². The monoisotopic (exact) mass is 286 g/mol. The average Bonchev–Trinajstić information content (AvgIpc) is 2.53. The Labute approximate surface area is 124 Å². The summed E-state index contributed by atoms with van der Waals surface area (Å²) in [7, 11) is 0. The van der Waals surface area contributed by atoms with Crippen LogP contribution in [-0.2, 0) is 0 Å². The first-order valence-electron chi connectivity index (χ1n) is 6.86. The Morgan fingerprint density at radius 2 is 1.67 bits per heavy atom. The van der Waals surface area contributed by atoms with Gasteiger partial charge in [-0.1, -0.05) is 24.3 Å². The summed E-state index contributed by atoms with van der Waals surface area (Å²) in [5, 5.41) is 0. The van der Waals surface area contributed by atoms with Gasteiger partial charge in [-0.15, -0.1) is 0 Å². The van der Waals surface area contributed by atoms with Crippen molar-refractivity contribution in [1.29, 1.82) is 0 Å². The molecule has 4 nitrogen and oxygen atoms in total. The molecule has 2 rings (SSSR count). The molecule has 0 aliphatic carbocycles. The van der Waals surface area contributed by atoms with Gasteiger partial charge in [0.1, 0.15) is 19.0 Å². The van der Waals surface area contributed by atoms with Gasteiger partial charge < -0.3 is 14.2 Å². The molecule has 0 aromatic heterocycles. The quantitative estimate of drug-likeness (QED) is 0.551. The Bertz CT molecular complexity index is 566. The van der Waals surface area contributed by atoms with E-state index >= 15 is 0 Å². The minimum atomic E-state index is 0.333. The molecule has 0 unspecified atom stereocenters. The molecule has 110 valence electrons. The molecular weight excluding hydrogens is 268 g/mol. The van der Waals surface area contributed by atoms with Crippen LogP contribution < -0.4 is 14.2 Å². The largest absolute Gasteiger partial charge is 0.490 e. The number of para-hydroxylation sites is 2. The van der Waals surface area contributed by atoms with Gasteiger partial charge in [0, 0.05) is 0 Å². The van der Waals surface area contributed by atoms with E-state index in [0.717, 1.165) is 12.0 Å². The Morgan fingerprint density at radius 3 is 2.38 bits per heavy atom. The number of hydrogen-bond acceptors (Lipinski definition) is 4. The van der Waals surface area contributed by atoms with Crippen LogP contribution in [0.3, 0.4) is 0 Å². The molecule has 0 aliphatic heterocycles. The summed E-state index contributed by atoms with van der Waals surface area (Å²) < 4.78 is 16.7. The molecule has 0 saturated heterocycles. The maximum atomic E-state index is 11.1. The van der Waals surface area contributed by atoms with Crippen molar-refractivity contribution in [2.75, 3.05) is 19.8 Å². The fourth-order valence-electron chi connectivity index (χ4n) is 1.87. The van der Waals surface area contributed by atoms with E-state index in [1.54, 1.807) is 18.2 Å². The molecule has 2 aromatic rings. The van der Waals surface area contributed by atoms with Crippen LogP contribution in [-0.4, -0.2) is 26.1 Å². The van der Waals surface area contributed by atoms with E-state index in [1.165, 1.54) is 0 Å². The maximum Gasteiger partial charge on any atom is 0.171 e. The molecule has 0 spiro atoms. The molecule has 0 aliphatic rings. The van der Waals surface area contributed by atoms with Crippen molar-refractivity contribution in [3.8, 4) is 17.2 Å². The molecule has 0 atom stereocenters. The summed E-state index contributed by atoms with van der Waals surface area (Å²) in [5.74, 6) is 1.82. The first-order valence-corrected chi connectivity index (χ1v) is 6.86. The number of hydrogen-bond donors (Lipinski definition) is 0. The van der Waals surface area contributed by atoms with Crippen molar-refractivity contribution in [3.05, 3.63) is 54.1 Å². The Hall–Kier alpha value is -2.49. The lowest BCUT2D eigenvalue weighted by atomic mass is 10.2. The molecular formula is C17H18O4. The first kappa shape index (κ1) is 14.9. The van der Waals surface area contributed by atoms with Gasteiger partial charge in [0.05, 0.1) is 12.2 Å². The van der Waals surface area contributed by atoms with Crippen molar-refractivity contribution in [3.63, 3.8) is 0 Å². The molecule has 2 aromatic carbocycles. The van der Waals surface area contributed by atoms with Crippen LogP contribution in [0.5, 0.6) is 17.2 Å². The van der Waals surface area contributed by atoms with Gasteiger partial charge in [0.25, 0.3) is 0 Å². The summed E-state index contributed by atoms with van der Waals surface area (Å²) in [6.45, 7) is 3.12. The second-order valence-corrected chi connectivity index (χ2v) is 4.24. The normalized spacial score (nSPS) is 9.95. The summed E-state index contributed by atoms with van der Waals surface area (Å²) in [6, 6.07) is 14.7. The fraction of sp³-hybridized carbons (Fsp3) is 0.235. The number of benzene rings is 2. The molecule has 0 heterocycles. The van der Waals surface area contributed by atoms with Crippen LogP contribution >= 0.6 is 0 Å². The Balaban J connectivity index is 1.94. The highest BCUT2D eigenvalue weighted by molar-refractivity contribution is 5.81. The standard InChI is InChI=1S/C17H18O4/c1-2-19-16-10-6-7-14(13-18)17(16)21-12-11-20-15-8-4-3-5-9-15/h3-10,13H,2,11-12H2,1H3. The van der Waals surface area contributed by atoms with Gasteiger partial charge in [-0.25, -0.2) is 0 Å². The summed E-state index contributed by atoms with van der Waals surface area (Å²) in [5.41, 5.74) is 0.473. The molecule has 0 fully saturated rings. The van der Waals surface area contributed by atoms with E-state index < -0.39 is 0 Å². The van der Waals surface area contributed by atoms with Crippen LogP contribution in [0.4, 0.5) is 0 Å². The molecule has 21 heavy (non-hydrogen) atoms. The predicted molar refractivity (Wildman–Crippen MR) is 80.4 cm³/mol. The van der Waals surface area contributed by atoms with Crippen molar-refractivity contribution < 1.29 is 19.0 Å². The lowest BCUT2D eigenvalue weighted by Gasteiger charge is -2.14. The maximum absolute atomic E-state index is 11.1. The van der Waals surface area contributed by atoms with Crippen LogP contribution in [0.2, 0.25) is 0 Å². The third kappa shape index (κ3) is 4.24. The number of carbonyl (C=O) groups is 1. The van der Waals surface area contributed by atoms with Crippen LogP contribution in [0.15, 0.2) is 48.5 Å². The van der Waals surface area contributed by atoms with Gasteiger partial charge in [-0.05, 0) is 31.2 Å². The highest BCUT2D eigenvalue weighted by Crippen LogP contribution is 2.30. The Kier molecular flexibility index (Phi) is 5.64. The molecule has 0 bridgehead atoms. The van der Waals surface area contributed by atoms with E-state index in [9.17, 15) is 4.79 Å². The molecule has 0 saturated carbocycles. The zero-order chi connectivity index (χ0) is 14.9.